The Bertz CT molecular complexity index is 1530. The van der Waals surface area contributed by atoms with E-state index in [9.17, 15) is 14.7 Å². The third kappa shape index (κ3) is 5.30. The van der Waals surface area contributed by atoms with Gasteiger partial charge in [-0.25, -0.2) is 0 Å². The van der Waals surface area contributed by atoms with E-state index in [0.717, 1.165) is 10.0 Å². The Morgan fingerprint density at radius 3 is 2.49 bits per heavy atom. The number of carbonyl (C=O) groups is 2. The quantitative estimate of drug-likeness (QED) is 0.0809. The fraction of sp³-hybridized carbons (Fsp3) is 0.0800. The number of amides is 1. The minimum atomic E-state index is -0.891. The van der Waals surface area contributed by atoms with Gasteiger partial charge < -0.3 is 5.11 Å². The molecule has 7 nitrogen and oxygen atoms in total. The van der Waals surface area contributed by atoms with Gasteiger partial charge in [0.25, 0.3) is 5.78 Å². The summed E-state index contributed by atoms with van der Waals surface area (Å²) in [7, 11) is 0. The average Bonchev–Trinajstić information content (AvgIpc) is 3.46. The molecule has 0 spiro atoms. The number of hydrogen-bond acceptors (Lipinski definition) is 8. The van der Waals surface area contributed by atoms with Gasteiger partial charge in [0.15, 0.2) is 4.34 Å². The number of ketones is 1. The fourth-order valence-electron chi connectivity index (χ4n) is 3.79. The van der Waals surface area contributed by atoms with Crippen molar-refractivity contribution >= 4 is 84.8 Å². The van der Waals surface area contributed by atoms with E-state index in [4.69, 9.17) is 23.2 Å². The first kappa shape index (κ1) is 25.9. The zero-order chi connectivity index (χ0) is 26.1. The molecule has 0 bridgehead atoms. The highest BCUT2D eigenvalue weighted by Crippen LogP contribution is 2.44. The van der Waals surface area contributed by atoms with Crippen molar-refractivity contribution in [3.8, 4) is 0 Å². The van der Waals surface area contributed by atoms with E-state index in [1.165, 1.54) is 40.4 Å². The highest BCUT2D eigenvalue weighted by Gasteiger charge is 2.48. The first-order valence-electron chi connectivity index (χ1n) is 10.7. The maximum atomic E-state index is 13.3. The van der Waals surface area contributed by atoms with Crippen LogP contribution in [-0.4, -0.2) is 32.0 Å². The van der Waals surface area contributed by atoms with Crippen LogP contribution in [0.3, 0.4) is 0 Å². The van der Waals surface area contributed by atoms with Crippen LogP contribution in [0.15, 0.2) is 81.4 Å². The Morgan fingerprint density at radius 2 is 1.78 bits per heavy atom. The molecular formula is C25H15BrCl2N4O3S2. The van der Waals surface area contributed by atoms with E-state index >= 15 is 0 Å². The second-order valence-electron chi connectivity index (χ2n) is 7.83. The molecule has 2 aromatic heterocycles. The van der Waals surface area contributed by atoms with E-state index in [2.05, 4.69) is 31.1 Å². The lowest BCUT2D eigenvalue weighted by atomic mass is 9.96. The van der Waals surface area contributed by atoms with Gasteiger partial charge in [-0.3, -0.25) is 19.5 Å². The number of pyridine rings is 1. The van der Waals surface area contributed by atoms with Gasteiger partial charge in [-0.2, -0.15) is 0 Å². The number of aromatic nitrogens is 3. The van der Waals surface area contributed by atoms with Crippen molar-refractivity contribution in [2.24, 2.45) is 0 Å². The number of aliphatic hydroxyl groups is 1. The largest absolute Gasteiger partial charge is 0.507 e. The third-order valence-electron chi connectivity index (χ3n) is 5.55. The summed E-state index contributed by atoms with van der Waals surface area (Å²) in [5, 5.41) is 20.9. The van der Waals surface area contributed by atoms with Crippen molar-refractivity contribution in [2.45, 2.75) is 16.1 Å². The number of nitrogens with zero attached hydrogens (tertiary/aromatic N) is 4. The Labute approximate surface area is 238 Å². The molecule has 1 aliphatic heterocycles. The molecule has 5 rings (SSSR count). The summed E-state index contributed by atoms with van der Waals surface area (Å²) in [6.45, 7) is 0. The first-order valence-corrected chi connectivity index (χ1v) is 14.1. The molecule has 0 aliphatic carbocycles. The Morgan fingerprint density at radius 1 is 1.05 bits per heavy atom. The molecule has 3 heterocycles. The van der Waals surface area contributed by atoms with Crippen LogP contribution in [0.1, 0.15) is 22.7 Å². The molecule has 186 valence electrons. The Balaban J connectivity index is 1.52. The first-order chi connectivity index (χ1) is 17.8. The standard InChI is InChI=1S/C25H15BrCl2N4O3S2/c26-16-4-1-13(2-5-16)20-19(21(33)14-7-9-29-10-8-14)22(34)23(35)32(20)24-30-31-25(37-24)36-12-15-3-6-17(27)11-18(15)28/h1-11,20,33H,12H2/b21-19+. The molecule has 0 radical (unpaired) electrons. The van der Waals surface area contributed by atoms with Crippen LogP contribution in [0, 0.1) is 0 Å². The number of carbonyl (C=O) groups excluding carboxylic acids is 2. The number of benzene rings is 2. The van der Waals surface area contributed by atoms with Gasteiger partial charge in [-0.1, -0.05) is 80.4 Å². The normalized spacial score (nSPS) is 16.9. The second-order valence-corrected chi connectivity index (χ2v) is 11.8. The van der Waals surface area contributed by atoms with E-state index in [0.29, 0.717) is 31.3 Å². The Hall–Kier alpha value is -2.76. The number of thioether (sulfide) groups is 1. The molecule has 1 N–H and O–H groups in total. The number of halogens is 3. The molecule has 1 unspecified atom stereocenters. The van der Waals surface area contributed by atoms with Crippen LogP contribution in [0.5, 0.6) is 0 Å². The summed E-state index contributed by atoms with van der Waals surface area (Å²) in [6, 6.07) is 14.7. The van der Waals surface area contributed by atoms with Crippen molar-refractivity contribution in [1.29, 1.82) is 0 Å². The predicted octanol–water partition coefficient (Wildman–Crippen LogP) is 6.92. The van der Waals surface area contributed by atoms with Crippen LogP contribution in [0.4, 0.5) is 5.13 Å². The van der Waals surface area contributed by atoms with Crippen molar-refractivity contribution in [3.05, 3.63) is 104 Å². The Kier molecular flexibility index (Phi) is 7.64. The van der Waals surface area contributed by atoms with E-state index in [1.54, 1.807) is 48.5 Å². The molecule has 12 heteroatoms. The zero-order valence-electron chi connectivity index (χ0n) is 18.6. The summed E-state index contributed by atoms with van der Waals surface area (Å²) in [4.78, 5) is 31.7. The fourth-order valence-corrected chi connectivity index (χ4v) is 6.48. The molecule has 4 aromatic rings. The van der Waals surface area contributed by atoms with E-state index < -0.39 is 17.7 Å². The minimum absolute atomic E-state index is 0.0316. The molecule has 37 heavy (non-hydrogen) atoms. The van der Waals surface area contributed by atoms with Crippen LogP contribution in [0.2, 0.25) is 10.0 Å². The molecule has 1 saturated heterocycles. The number of rotatable bonds is 6. The van der Waals surface area contributed by atoms with Gasteiger partial charge in [0.2, 0.25) is 5.13 Å². The molecule has 2 aromatic carbocycles. The SMILES string of the molecule is O=C1C(=O)N(c2nnc(SCc3ccc(Cl)cc3Cl)s2)C(c2ccc(Br)cc2)/C1=C(\O)c1ccncc1. The topological polar surface area (TPSA) is 96.3 Å². The zero-order valence-corrected chi connectivity index (χ0v) is 23.4. The summed E-state index contributed by atoms with van der Waals surface area (Å²) >= 11 is 18.2. The number of anilines is 1. The molecule has 1 amide bonds. The highest BCUT2D eigenvalue weighted by atomic mass is 79.9. The van der Waals surface area contributed by atoms with Gasteiger partial charge >= 0.3 is 5.91 Å². The lowest BCUT2D eigenvalue weighted by molar-refractivity contribution is -0.132. The average molecular weight is 634 g/mol. The highest BCUT2D eigenvalue weighted by molar-refractivity contribution is 9.10. The van der Waals surface area contributed by atoms with Gasteiger partial charge in [0.05, 0.1) is 11.6 Å². The van der Waals surface area contributed by atoms with Crippen LogP contribution >= 0.6 is 62.2 Å². The molecule has 1 atom stereocenters. The lowest BCUT2D eigenvalue weighted by Gasteiger charge is -2.22. The second kappa shape index (κ2) is 10.9. The van der Waals surface area contributed by atoms with Crippen LogP contribution in [-0.2, 0) is 15.3 Å². The van der Waals surface area contributed by atoms with Crippen LogP contribution in [0.25, 0.3) is 5.76 Å². The van der Waals surface area contributed by atoms with Gasteiger partial charge in [-0.15, -0.1) is 10.2 Å². The monoisotopic (exact) mass is 632 g/mol. The van der Waals surface area contributed by atoms with Crippen LogP contribution < -0.4 is 4.90 Å². The predicted molar refractivity (Wildman–Crippen MR) is 149 cm³/mol. The minimum Gasteiger partial charge on any atom is -0.507 e. The molecule has 1 fully saturated rings. The lowest BCUT2D eigenvalue weighted by Crippen LogP contribution is -2.29. The van der Waals surface area contributed by atoms with Gasteiger partial charge in [0.1, 0.15) is 5.76 Å². The summed E-state index contributed by atoms with van der Waals surface area (Å²) < 4.78 is 1.42. The van der Waals surface area contributed by atoms with Crippen molar-refractivity contribution in [1.82, 2.24) is 15.2 Å². The smallest absolute Gasteiger partial charge is 0.301 e. The summed E-state index contributed by atoms with van der Waals surface area (Å²) in [6.07, 6.45) is 3.00. The van der Waals surface area contributed by atoms with Crippen molar-refractivity contribution in [3.63, 3.8) is 0 Å². The maximum absolute atomic E-state index is 13.3. The number of Topliss-reactive ketones (excluding diaryl/α,β-unsaturated/α-hetero) is 1. The third-order valence-corrected chi connectivity index (χ3v) is 8.77. The van der Waals surface area contributed by atoms with Gasteiger partial charge in [-0.05, 0) is 47.5 Å². The molecular weight excluding hydrogens is 619 g/mol. The molecule has 0 saturated carbocycles. The number of hydrogen-bond donors (Lipinski definition) is 1. The maximum Gasteiger partial charge on any atom is 0.301 e. The van der Waals surface area contributed by atoms with Gasteiger partial charge in [0, 0.05) is 38.2 Å². The summed E-state index contributed by atoms with van der Waals surface area (Å²) in [5.41, 5.74) is 1.86. The van der Waals surface area contributed by atoms with Crippen molar-refractivity contribution in [2.75, 3.05) is 4.90 Å². The summed E-state index contributed by atoms with van der Waals surface area (Å²) in [5.74, 6) is -1.37. The number of aliphatic hydroxyl groups excluding tert-OH is 1. The molecule has 1 aliphatic rings. The van der Waals surface area contributed by atoms with Crippen molar-refractivity contribution < 1.29 is 14.7 Å². The van der Waals surface area contributed by atoms with E-state index in [1.807, 2.05) is 6.07 Å². The van der Waals surface area contributed by atoms with E-state index in [-0.39, 0.29) is 16.5 Å².